The molecule has 2 nitrogen and oxygen atoms in total. The molecule has 1 saturated heterocycles. The molecule has 0 amide bonds. The first-order valence-electron chi connectivity index (χ1n) is 5.76. The van der Waals surface area contributed by atoms with Gasteiger partial charge in [0.15, 0.2) is 0 Å². The highest BCUT2D eigenvalue weighted by Gasteiger charge is 2.33. The van der Waals surface area contributed by atoms with Gasteiger partial charge in [0.2, 0.25) is 0 Å². The van der Waals surface area contributed by atoms with Gasteiger partial charge >= 0.3 is 0 Å². The van der Waals surface area contributed by atoms with Crippen LogP contribution < -0.4 is 0 Å². The van der Waals surface area contributed by atoms with Gasteiger partial charge in [-0.25, -0.2) is 4.39 Å². The Morgan fingerprint density at radius 1 is 1.59 bits per heavy atom. The highest BCUT2D eigenvalue weighted by Crippen LogP contribution is 2.29. The first kappa shape index (κ1) is 12.8. The minimum Gasteiger partial charge on any atom is -0.389 e. The van der Waals surface area contributed by atoms with E-state index in [0.29, 0.717) is 25.9 Å². The minimum atomic E-state index is -0.765. The zero-order valence-corrected chi connectivity index (χ0v) is 10.5. The zero-order valence-electron chi connectivity index (χ0n) is 9.75. The van der Waals surface area contributed by atoms with Gasteiger partial charge in [0, 0.05) is 19.4 Å². The number of hydrogen-bond acceptors (Lipinski definition) is 2. The average Bonchev–Trinajstić information content (AvgIpc) is 2.22. The summed E-state index contributed by atoms with van der Waals surface area (Å²) >= 11 is 5.72. The number of benzene rings is 1. The molecule has 1 aliphatic heterocycles. The monoisotopic (exact) mass is 258 g/mol. The van der Waals surface area contributed by atoms with E-state index in [1.165, 1.54) is 6.07 Å². The van der Waals surface area contributed by atoms with E-state index in [2.05, 4.69) is 0 Å². The number of ether oxygens (including phenoxy) is 1. The molecule has 1 heterocycles. The lowest BCUT2D eigenvalue weighted by Crippen LogP contribution is -2.41. The molecule has 0 radical (unpaired) electrons. The van der Waals surface area contributed by atoms with Gasteiger partial charge in [0.05, 0.1) is 16.7 Å². The SMILES string of the molecule is CC1CC(O)(Cc2ccc(F)c(Cl)c2)CCO1. The predicted molar refractivity (Wildman–Crippen MR) is 64.7 cm³/mol. The van der Waals surface area contributed by atoms with Crippen LogP contribution >= 0.6 is 11.6 Å². The summed E-state index contributed by atoms with van der Waals surface area (Å²) in [5.74, 6) is -0.428. The van der Waals surface area contributed by atoms with Gasteiger partial charge in [-0.1, -0.05) is 17.7 Å². The van der Waals surface area contributed by atoms with E-state index in [1.807, 2.05) is 6.92 Å². The van der Waals surface area contributed by atoms with Crippen molar-refractivity contribution in [1.29, 1.82) is 0 Å². The fourth-order valence-corrected chi connectivity index (χ4v) is 2.54. The summed E-state index contributed by atoms with van der Waals surface area (Å²) < 4.78 is 18.4. The molecule has 1 aliphatic rings. The molecule has 17 heavy (non-hydrogen) atoms. The molecule has 4 heteroatoms. The van der Waals surface area contributed by atoms with E-state index >= 15 is 0 Å². The lowest BCUT2D eigenvalue weighted by atomic mass is 9.85. The zero-order chi connectivity index (χ0) is 12.5. The largest absolute Gasteiger partial charge is 0.389 e. The number of rotatable bonds is 2. The summed E-state index contributed by atoms with van der Waals surface area (Å²) in [6.45, 7) is 2.51. The molecular formula is C13H16ClFO2. The van der Waals surface area contributed by atoms with Gasteiger partial charge in [-0.3, -0.25) is 0 Å². The van der Waals surface area contributed by atoms with Gasteiger partial charge in [0.25, 0.3) is 0 Å². The van der Waals surface area contributed by atoms with Crippen LogP contribution in [0.2, 0.25) is 5.02 Å². The molecule has 1 aromatic rings. The fraction of sp³-hybridized carbons (Fsp3) is 0.538. The second-order valence-electron chi connectivity index (χ2n) is 4.79. The van der Waals surface area contributed by atoms with Gasteiger partial charge in [-0.15, -0.1) is 0 Å². The second-order valence-corrected chi connectivity index (χ2v) is 5.19. The van der Waals surface area contributed by atoms with Gasteiger partial charge in [0.1, 0.15) is 5.82 Å². The maximum atomic E-state index is 13.0. The molecule has 1 fully saturated rings. The van der Waals surface area contributed by atoms with Crippen molar-refractivity contribution < 1.29 is 14.2 Å². The molecule has 2 rings (SSSR count). The van der Waals surface area contributed by atoms with Gasteiger partial charge in [-0.2, -0.15) is 0 Å². The Morgan fingerprint density at radius 2 is 2.35 bits per heavy atom. The molecule has 2 unspecified atom stereocenters. The number of halogens is 2. The van der Waals surface area contributed by atoms with E-state index in [4.69, 9.17) is 16.3 Å². The summed E-state index contributed by atoms with van der Waals surface area (Å²) in [5, 5.41) is 10.5. The Kier molecular flexibility index (Phi) is 3.71. The Bertz CT molecular complexity index is 410. The van der Waals surface area contributed by atoms with Crippen LogP contribution in [0.15, 0.2) is 18.2 Å². The lowest BCUT2D eigenvalue weighted by Gasteiger charge is -2.35. The Balaban J connectivity index is 2.11. The smallest absolute Gasteiger partial charge is 0.141 e. The minimum absolute atomic E-state index is 0.0599. The third-order valence-electron chi connectivity index (χ3n) is 3.15. The van der Waals surface area contributed by atoms with E-state index in [-0.39, 0.29) is 11.1 Å². The maximum Gasteiger partial charge on any atom is 0.141 e. The van der Waals surface area contributed by atoms with Crippen molar-refractivity contribution in [2.75, 3.05) is 6.61 Å². The summed E-state index contributed by atoms with van der Waals surface area (Å²) in [6.07, 6.45) is 1.75. The van der Waals surface area contributed by atoms with E-state index in [0.717, 1.165) is 5.56 Å². The first-order chi connectivity index (χ1) is 7.98. The van der Waals surface area contributed by atoms with Crippen LogP contribution in [0, 0.1) is 5.82 Å². The van der Waals surface area contributed by atoms with Crippen molar-refractivity contribution in [3.63, 3.8) is 0 Å². The average molecular weight is 259 g/mol. The topological polar surface area (TPSA) is 29.5 Å². The molecule has 94 valence electrons. The van der Waals surface area contributed by atoms with Crippen LogP contribution in [0.25, 0.3) is 0 Å². The lowest BCUT2D eigenvalue weighted by molar-refractivity contribution is -0.0961. The van der Waals surface area contributed by atoms with Crippen molar-refractivity contribution in [1.82, 2.24) is 0 Å². The van der Waals surface area contributed by atoms with Crippen LogP contribution in [-0.2, 0) is 11.2 Å². The molecular weight excluding hydrogens is 243 g/mol. The van der Waals surface area contributed by atoms with Crippen molar-refractivity contribution in [2.45, 2.75) is 37.9 Å². The van der Waals surface area contributed by atoms with Crippen LogP contribution in [-0.4, -0.2) is 23.4 Å². The normalized spacial score (nSPS) is 29.3. The Labute approximate surface area is 105 Å². The van der Waals surface area contributed by atoms with Crippen molar-refractivity contribution in [2.24, 2.45) is 0 Å². The quantitative estimate of drug-likeness (QED) is 0.884. The fourth-order valence-electron chi connectivity index (χ4n) is 2.34. The maximum absolute atomic E-state index is 13.0. The Morgan fingerprint density at radius 3 is 3.00 bits per heavy atom. The van der Waals surface area contributed by atoms with Crippen molar-refractivity contribution in [3.8, 4) is 0 Å². The Hall–Kier alpha value is -0.640. The van der Waals surface area contributed by atoms with Crippen molar-refractivity contribution in [3.05, 3.63) is 34.6 Å². The summed E-state index contributed by atoms with van der Waals surface area (Å²) in [7, 11) is 0. The summed E-state index contributed by atoms with van der Waals surface area (Å²) in [4.78, 5) is 0. The summed E-state index contributed by atoms with van der Waals surface area (Å²) in [5.41, 5.74) is 0.0896. The van der Waals surface area contributed by atoms with E-state index in [9.17, 15) is 9.50 Å². The van der Waals surface area contributed by atoms with Crippen LogP contribution in [0.3, 0.4) is 0 Å². The number of aliphatic hydroxyl groups is 1. The third-order valence-corrected chi connectivity index (χ3v) is 3.44. The van der Waals surface area contributed by atoms with E-state index in [1.54, 1.807) is 12.1 Å². The summed E-state index contributed by atoms with van der Waals surface area (Å²) in [6, 6.07) is 4.58. The van der Waals surface area contributed by atoms with Gasteiger partial charge in [-0.05, 0) is 31.0 Å². The molecule has 0 aromatic heterocycles. The highest BCUT2D eigenvalue weighted by atomic mass is 35.5. The van der Waals surface area contributed by atoms with E-state index < -0.39 is 11.4 Å². The molecule has 0 aliphatic carbocycles. The molecule has 1 N–H and O–H groups in total. The number of hydrogen-bond donors (Lipinski definition) is 1. The molecule has 0 bridgehead atoms. The standard InChI is InChI=1S/C13H16ClFO2/c1-9-7-13(16,4-5-17-9)8-10-2-3-12(15)11(14)6-10/h2-3,6,9,16H,4-5,7-8H2,1H3. The molecule has 0 saturated carbocycles. The molecule has 0 spiro atoms. The third kappa shape index (κ3) is 3.18. The van der Waals surface area contributed by atoms with Crippen LogP contribution in [0.5, 0.6) is 0 Å². The molecule has 2 atom stereocenters. The molecule has 1 aromatic carbocycles. The first-order valence-corrected chi connectivity index (χ1v) is 6.14. The van der Waals surface area contributed by atoms with Crippen LogP contribution in [0.4, 0.5) is 4.39 Å². The second kappa shape index (κ2) is 4.92. The highest BCUT2D eigenvalue weighted by molar-refractivity contribution is 6.30. The van der Waals surface area contributed by atoms with Gasteiger partial charge < -0.3 is 9.84 Å². The van der Waals surface area contributed by atoms with Crippen molar-refractivity contribution >= 4 is 11.6 Å². The predicted octanol–water partition coefficient (Wildman–Crippen LogP) is 2.95. The van der Waals surface area contributed by atoms with Crippen LogP contribution in [0.1, 0.15) is 25.3 Å².